The molecule has 1 atom stereocenters. The molecule has 3 heteroatoms. The van der Waals surface area contributed by atoms with Gasteiger partial charge < -0.3 is 10.5 Å². The van der Waals surface area contributed by atoms with E-state index in [1.165, 1.54) is 0 Å². The highest BCUT2D eigenvalue weighted by atomic mass is 35.5. The Morgan fingerprint density at radius 2 is 1.67 bits per heavy atom. The molecule has 0 saturated heterocycles. The van der Waals surface area contributed by atoms with Crippen LogP contribution in [0.25, 0.3) is 0 Å². The van der Waals surface area contributed by atoms with E-state index in [1.54, 1.807) is 0 Å². The second-order valence-corrected chi connectivity index (χ2v) is 4.78. The van der Waals surface area contributed by atoms with E-state index < -0.39 is 0 Å². The SMILES string of the molecule is Cc1cc(Oc2ccc([C@H](C)N)cc2)ccc1Cl. The number of hydrogen-bond donors (Lipinski definition) is 1. The van der Waals surface area contributed by atoms with E-state index >= 15 is 0 Å². The molecule has 0 saturated carbocycles. The van der Waals surface area contributed by atoms with Crippen LogP contribution >= 0.6 is 11.6 Å². The Morgan fingerprint density at radius 1 is 1.06 bits per heavy atom. The first-order valence-electron chi connectivity index (χ1n) is 5.86. The molecular weight excluding hydrogens is 246 g/mol. The summed E-state index contributed by atoms with van der Waals surface area (Å²) in [5.41, 5.74) is 7.89. The van der Waals surface area contributed by atoms with Crippen LogP contribution in [0.4, 0.5) is 0 Å². The van der Waals surface area contributed by atoms with Crippen molar-refractivity contribution in [3.63, 3.8) is 0 Å². The normalized spacial score (nSPS) is 12.2. The number of nitrogens with two attached hydrogens (primary N) is 1. The Hall–Kier alpha value is -1.51. The minimum absolute atomic E-state index is 0.0387. The van der Waals surface area contributed by atoms with Gasteiger partial charge in [0, 0.05) is 11.1 Å². The maximum atomic E-state index is 5.97. The Morgan fingerprint density at radius 3 is 2.22 bits per heavy atom. The van der Waals surface area contributed by atoms with E-state index in [2.05, 4.69) is 0 Å². The number of ether oxygens (including phenoxy) is 1. The Labute approximate surface area is 112 Å². The van der Waals surface area contributed by atoms with E-state index in [-0.39, 0.29) is 6.04 Å². The van der Waals surface area contributed by atoms with Gasteiger partial charge in [-0.15, -0.1) is 0 Å². The smallest absolute Gasteiger partial charge is 0.127 e. The second kappa shape index (κ2) is 5.42. The molecule has 0 spiro atoms. The number of halogens is 1. The molecule has 0 fully saturated rings. The van der Waals surface area contributed by atoms with Gasteiger partial charge in [-0.3, -0.25) is 0 Å². The molecule has 0 aliphatic heterocycles. The fourth-order valence-corrected chi connectivity index (χ4v) is 1.77. The van der Waals surface area contributed by atoms with Gasteiger partial charge in [0.15, 0.2) is 0 Å². The van der Waals surface area contributed by atoms with Gasteiger partial charge in [-0.25, -0.2) is 0 Å². The van der Waals surface area contributed by atoms with Gasteiger partial charge in [-0.05, 0) is 55.3 Å². The van der Waals surface area contributed by atoms with Gasteiger partial charge in [0.1, 0.15) is 11.5 Å². The Bertz CT molecular complexity index is 535. The third-order valence-corrected chi connectivity index (χ3v) is 3.20. The highest BCUT2D eigenvalue weighted by Crippen LogP contribution is 2.26. The van der Waals surface area contributed by atoms with Crippen LogP contribution in [0.15, 0.2) is 42.5 Å². The van der Waals surface area contributed by atoms with Crippen molar-refractivity contribution in [2.75, 3.05) is 0 Å². The molecule has 2 aromatic rings. The molecule has 18 heavy (non-hydrogen) atoms. The van der Waals surface area contributed by atoms with E-state index in [0.29, 0.717) is 0 Å². The van der Waals surface area contributed by atoms with Crippen molar-refractivity contribution in [3.8, 4) is 11.5 Å². The van der Waals surface area contributed by atoms with Crippen LogP contribution in [-0.4, -0.2) is 0 Å². The first-order valence-corrected chi connectivity index (χ1v) is 6.23. The minimum Gasteiger partial charge on any atom is -0.457 e. The monoisotopic (exact) mass is 261 g/mol. The van der Waals surface area contributed by atoms with E-state index in [0.717, 1.165) is 27.6 Å². The molecule has 0 amide bonds. The summed E-state index contributed by atoms with van der Waals surface area (Å²) in [5.74, 6) is 1.58. The van der Waals surface area contributed by atoms with Crippen molar-refractivity contribution in [2.24, 2.45) is 5.73 Å². The molecule has 2 aromatic carbocycles. The van der Waals surface area contributed by atoms with E-state index in [9.17, 15) is 0 Å². The first kappa shape index (κ1) is 12.9. The molecule has 0 bridgehead atoms. The molecule has 94 valence electrons. The minimum atomic E-state index is 0.0387. The zero-order chi connectivity index (χ0) is 13.1. The van der Waals surface area contributed by atoms with Crippen LogP contribution in [0.1, 0.15) is 24.1 Å². The predicted octanol–water partition coefficient (Wildman–Crippen LogP) is 4.46. The lowest BCUT2D eigenvalue weighted by atomic mass is 10.1. The molecular formula is C15H16ClNO. The third-order valence-electron chi connectivity index (χ3n) is 2.77. The lowest BCUT2D eigenvalue weighted by molar-refractivity contribution is 0.482. The van der Waals surface area contributed by atoms with Crippen LogP contribution in [-0.2, 0) is 0 Å². The summed E-state index contributed by atoms with van der Waals surface area (Å²) in [5, 5.41) is 0.745. The molecule has 0 aliphatic carbocycles. The van der Waals surface area contributed by atoms with Crippen LogP contribution in [0.2, 0.25) is 5.02 Å². The zero-order valence-corrected chi connectivity index (χ0v) is 11.2. The number of hydrogen-bond acceptors (Lipinski definition) is 2. The molecule has 0 aromatic heterocycles. The van der Waals surface area contributed by atoms with Gasteiger partial charge in [-0.2, -0.15) is 0 Å². The van der Waals surface area contributed by atoms with Crippen LogP contribution in [0.3, 0.4) is 0 Å². The molecule has 0 radical (unpaired) electrons. The van der Waals surface area contributed by atoms with Crippen LogP contribution in [0.5, 0.6) is 11.5 Å². The quantitative estimate of drug-likeness (QED) is 0.885. The lowest BCUT2D eigenvalue weighted by Crippen LogP contribution is -2.04. The molecule has 2 rings (SSSR count). The van der Waals surface area contributed by atoms with Crippen molar-refractivity contribution < 1.29 is 4.74 Å². The average molecular weight is 262 g/mol. The Kier molecular flexibility index (Phi) is 3.90. The average Bonchev–Trinajstić information content (AvgIpc) is 2.34. The van der Waals surface area contributed by atoms with Gasteiger partial charge in [0.25, 0.3) is 0 Å². The molecule has 2 N–H and O–H groups in total. The summed E-state index contributed by atoms with van der Waals surface area (Å²) in [6.45, 7) is 3.91. The van der Waals surface area contributed by atoms with Crippen LogP contribution < -0.4 is 10.5 Å². The largest absolute Gasteiger partial charge is 0.457 e. The van der Waals surface area contributed by atoms with Crippen molar-refractivity contribution in [1.82, 2.24) is 0 Å². The standard InChI is InChI=1S/C15H16ClNO/c1-10-9-14(7-8-15(10)16)18-13-5-3-12(4-6-13)11(2)17/h3-9,11H,17H2,1-2H3/t11-/m0/s1. The van der Waals surface area contributed by atoms with Crippen LogP contribution in [0, 0.1) is 6.92 Å². The van der Waals surface area contributed by atoms with E-state index in [4.69, 9.17) is 22.1 Å². The number of benzene rings is 2. The van der Waals surface area contributed by atoms with Crippen molar-refractivity contribution in [1.29, 1.82) is 0 Å². The topological polar surface area (TPSA) is 35.2 Å². The first-order chi connectivity index (χ1) is 8.56. The van der Waals surface area contributed by atoms with Crippen molar-refractivity contribution >= 4 is 11.6 Å². The van der Waals surface area contributed by atoms with Crippen molar-refractivity contribution in [3.05, 3.63) is 58.6 Å². The molecule has 0 unspecified atom stereocenters. The summed E-state index contributed by atoms with van der Waals surface area (Å²) < 4.78 is 5.75. The molecule has 0 aliphatic rings. The third kappa shape index (κ3) is 3.03. The molecule has 0 heterocycles. The summed E-state index contributed by atoms with van der Waals surface area (Å²) in [6.07, 6.45) is 0. The summed E-state index contributed by atoms with van der Waals surface area (Å²) in [6, 6.07) is 13.4. The summed E-state index contributed by atoms with van der Waals surface area (Å²) in [7, 11) is 0. The van der Waals surface area contributed by atoms with Gasteiger partial charge >= 0.3 is 0 Å². The fraction of sp³-hybridized carbons (Fsp3) is 0.200. The highest BCUT2D eigenvalue weighted by molar-refractivity contribution is 6.31. The summed E-state index contributed by atoms with van der Waals surface area (Å²) in [4.78, 5) is 0. The van der Waals surface area contributed by atoms with Crippen molar-refractivity contribution in [2.45, 2.75) is 19.9 Å². The van der Waals surface area contributed by atoms with E-state index in [1.807, 2.05) is 56.3 Å². The highest BCUT2D eigenvalue weighted by Gasteiger charge is 2.02. The zero-order valence-electron chi connectivity index (χ0n) is 10.5. The fourth-order valence-electron chi connectivity index (χ4n) is 1.66. The lowest BCUT2D eigenvalue weighted by Gasteiger charge is -2.09. The second-order valence-electron chi connectivity index (χ2n) is 4.37. The van der Waals surface area contributed by atoms with Gasteiger partial charge in [0.05, 0.1) is 0 Å². The van der Waals surface area contributed by atoms with Gasteiger partial charge in [0.2, 0.25) is 0 Å². The Balaban J connectivity index is 2.15. The summed E-state index contributed by atoms with van der Waals surface area (Å²) >= 11 is 5.97. The molecule has 2 nitrogen and oxygen atoms in total. The number of rotatable bonds is 3. The van der Waals surface area contributed by atoms with Gasteiger partial charge in [-0.1, -0.05) is 23.7 Å². The maximum absolute atomic E-state index is 5.97. The maximum Gasteiger partial charge on any atom is 0.127 e. The number of aryl methyl sites for hydroxylation is 1. The predicted molar refractivity (Wildman–Crippen MR) is 75.3 cm³/mol.